The Kier molecular flexibility index (Phi) is 6.87. The van der Waals surface area contributed by atoms with E-state index in [4.69, 9.17) is 4.98 Å². The number of hydrogen-bond donors (Lipinski definition) is 1. The topological polar surface area (TPSA) is 65.5 Å². The fourth-order valence-corrected chi connectivity index (χ4v) is 6.08. The highest BCUT2D eigenvalue weighted by molar-refractivity contribution is 7.29. The summed E-state index contributed by atoms with van der Waals surface area (Å²) < 4.78 is 1.05. The van der Waals surface area contributed by atoms with Crippen LogP contribution in [0.5, 0.6) is 0 Å². The van der Waals surface area contributed by atoms with Gasteiger partial charge in [0, 0.05) is 38.3 Å². The van der Waals surface area contributed by atoms with Gasteiger partial charge < -0.3 is 15.1 Å². The van der Waals surface area contributed by atoms with E-state index in [1.165, 1.54) is 17.8 Å². The van der Waals surface area contributed by atoms with Gasteiger partial charge in [0.25, 0.3) is 11.8 Å². The summed E-state index contributed by atoms with van der Waals surface area (Å²) in [6.07, 6.45) is 3.35. The second-order valence-electron chi connectivity index (χ2n) is 7.68. The zero-order chi connectivity index (χ0) is 21.8. The number of anilines is 1. The van der Waals surface area contributed by atoms with E-state index < -0.39 is 0 Å². The minimum absolute atomic E-state index is 0.0847. The smallest absolute Gasteiger partial charge is 0.261 e. The number of benzene rings is 1. The number of piperidine rings is 1. The summed E-state index contributed by atoms with van der Waals surface area (Å²) in [5.74, 6) is -0.0196. The van der Waals surface area contributed by atoms with Crippen LogP contribution in [-0.4, -0.2) is 47.9 Å². The number of fused-ring (bicyclic) bond motifs is 1. The Bertz CT molecular complexity index is 1030. The van der Waals surface area contributed by atoms with E-state index in [9.17, 15) is 9.59 Å². The lowest BCUT2D eigenvalue weighted by atomic mass is 10.1. The summed E-state index contributed by atoms with van der Waals surface area (Å²) in [6, 6.07) is 9.50. The van der Waals surface area contributed by atoms with E-state index in [0.29, 0.717) is 17.0 Å². The molecule has 4 rings (SSSR count). The number of amides is 2. The molecule has 164 valence electrons. The van der Waals surface area contributed by atoms with Crippen molar-refractivity contribution >= 4 is 49.1 Å². The molecule has 6 nitrogen and oxygen atoms in total. The number of carbonyl (C=O) groups is 2. The maximum Gasteiger partial charge on any atom is 0.261 e. The third-order valence-electron chi connectivity index (χ3n) is 5.61. The first kappa shape index (κ1) is 21.8. The van der Waals surface area contributed by atoms with Gasteiger partial charge in [-0.15, -0.1) is 11.3 Å². The number of aromatic nitrogens is 1. The lowest BCUT2D eigenvalue weighted by Gasteiger charge is -2.26. The number of thiazole rings is 1. The Morgan fingerprint density at radius 3 is 2.58 bits per heavy atom. The molecule has 1 aromatic carbocycles. The predicted octanol–water partition coefficient (Wildman–Crippen LogP) is 4.76. The number of carbonyl (C=O) groups excluding carboxylic acids is 2. The largest absolute Gasteiger partial charge is 0.349 e. The molecule has 0 atom stereocenters. The van der Waals surface area contributed by atoms with E-state index in [0.717, 1.165) is 59.2 Å². The van der Waals surface area contributed by atoms with Gasteiger partial charge in [0.2, 0.25) is 0 Å². The number of rotatable bonds is 7. The number of thiophene rings is 1. The molecule has 0 aliphatic carbocycles. The van der Waals surface area contributed by atoms with Crippen molar-refractivity contribution in [3.8, 4) is 0 Å². The molecule has 0 radical (unpaired) electrons. The average molecular weight is 457 g/mol. The minimum Gasteiger partial charge on any atom is -0.349 e. The molecular weight excluding hydrogens is 428 g/mol. The summed E-state index contributed by atoms with van der Waals surface area (Å²) in [5.41, 5.74) is 1.62. The van der Waals surface area contributed by atoms with E-state index in [-0.39, 0.29) is 11.8 Å². The zero-order valence-corrected chi connectivity index (χ0v) is 19.7. The highest BCUT2D eigenvalue weighted by Gasteiger charge is 2.19. The Labute approximate surface area is 190 Å². The third kappa shape index (κ3) is 4.91. The first-order valence-electron chi connectivity index (χ1n) is 10.9. The molecule has 1 N–H and O–H groups in total. The van der Waals surface area contributed by atoms with E-state index >= 15 is 0 Å². The molecule has 1 fully saturated rings. The first-order valence-corrected chi connectivity index (χ1v) is 12.5. The molecule has 3 heterocycles. The Hall–Kier alpha value is -2.45. The zero-order valence-electron chi connectivity index (χ0n) is 18.0. The SMILES string of the molecule is CCN(CC)c1nc2sc(C(=O)NCc3cccc(C(=O)N4CCCCC4)c3)cc2s1. The summed E-state index contributed by atoms with van der Waals surface area (Å²) in [5, 5.41) is 3.99. The molecule has 0 spiro atoms. The van der Waals surface area contributed by atoms with Crippen LogP contribution in [0.15, 0.2) is 30.3 Å². The van der Waals surface area contributed by atoms with E-state index in [2.05, 4.69) is 24.1 Å². The third-order valence-corrected chi connectivity index (χ3v) is 7.83. The standard InChI is InChI=1S/C23H28N4O2S2/c1-3-26(4-2)23-25-21-19(31-23)14-18(30-21)20(28)24-15-16-9-8-10-17(13-16)22(29)27-11-6-5-7-12-27/h8-10,13-14H,3-7,11-12,15H2,1-2H3,(H,24,28). The van der Waals surface area contributed by atoms with E-state index in [1.54, 1.807) is 11.3 Å². The molecule has 1 aliphatic heterocycles. The molecule has 3 aromatic rings. The van der Waals surface area contributed by atoms with Crippen molar-refractivity contribution in [1.29, 1.82) is 0 Å². The molecule has 31 heavy (non-hydrogen) atoms. The van der Waals surface area contributed by atoms with Crippen LogP contribution < -0.4 is 10.2 Å². The molecule has 2 aromatic heterocycles. The van der Waals surface area contributed by atoms with Crippen molar-refractivity contribution < 1.29 is 9.59 Å². The van der Waals surface area contributed by atoms with Crippen molar-refractivity contribution in [1.82, 2.24) is 15.2 Å². The fraction of sp³-hybridized carbons (Fsp3) is 0.435. The van der Waals surface area contributed by atoms with Crippen molar-refractivity contribution in [2.75, 3.05) is 31.1 Å². The summed E-state index contributed by atoms with van der Waals surface area (Å²) >= 11 is 3.06. The van der Waals surface area contributed by atoms with Gasteiger partial charge in [-0.05, 0) is 56.9 Å². The van der Waals surface area contributed by atoms with Crippen molar-refractivity contribution in [2.45, 2.75) is 39.7 Å². The van der Waals surface area contributed by atoms with Crippen molar-refractivity contribution in [3.63, 3.8) is 0 Å². The Balaban J connectivity index is 1.39. The summed E-state index contributed by atoms with van der Waals surface area (Å²) in [6.45, 7) is 8.14. The molecule has 2 amide bonds. The monoisotopic (exact) mass is 456 g/mol. The van der Waals surface area contributed by atoms with Crippen LogP contribution >= 0.6 is 22.7 Å². The maximum absolute atomic E-state index is 12.7. The first-order chi connectivity index (χ1) is 15.1. The van der Waals surface area contributed by atoms with Gasteiger partial charge in [-0.2, -0.15) is 0 Å². The van der Waals surface area contributed by atoms with Gasteiger partial charge in [0.1, 0.15) is 4.83 Å². The predicted molar refractivity (Wildman–Crippen MR) is 128 cm³/mol. The van der Waals surface area contributed by atoms with E-state index in [1.807, 2.05) is 35.2 Å². The lowest BCUT2D eigenvalue weighted by Crippen LogP contribution is -2.35. The average Bonchev–Trinajstić information content (AvgIpc) is 3.38. The molecule has 0 unspecified atom stereocenters. The molecular formula is C23H28N4O2S2. The number of likely N-dealkylation sites (tertiary alicyclic amines) is 1. The van der Waals surface area contributed by atoms with Gasteiger partial charge in [-0.1, -0.05) is 23.5 Å². The van der Waals surface area contributed by atoms with Crippen LogP contribution in [0.3, 0.4) is 0 Å². The van der Waals surface area contributed by atoms with Gasteiger partial charge in [0.05, 0.1) is 9.58 Å². The van der Waals surface area contributed by atoms with Gasteiger partial charge in [-0.25, -0.2) is 4.98 Å². The second-order valence-corrected chi connectivity index (χ2v) is 9.72. The molecule has 1 aliphatic rings. The number of nitrogens with zero attached hydrogens (tertiary/aromatic N) is 3. The summed E-state index contributed by atoms with van der Waals surface area (Å²) in [7, 11) is 0. The van der Waals surface area contributed by atoms with Crippen LogP contribution in [-0.2, 0) is 6.54 Å². The van der Waals surface area contributed by atoms with Gasteiger partial charge >= 0.3 is 0 Å². The van der Waals surface area contributed by atoms with Crippen molar-refractivity contribution in [3.05, 3.63) is 46.3 Å². The van der Waals surface area contributed by atoms with Crippen LogP contribution in [0.4, 0.5) is 5.13 Å². The lowest BCUT2D eigenvalue weighted by molar-refractivity contribution is 0.0724. The molecule has 1 saturated heterocycles. The maximum atomic E-state index is 12.7. The second kappa shape index (κ2) is 9.78. The quantitative estimate of drug-likeness (QED) is 0.557. The fourth-order valence-electron chi connectivity index (χ4n) is 3.83. The number of nitrogens with one attached hydrogen (secondary N) is 1. The van der Waals surface area contributed by atoms with Crippen LogP contribution in [0.25, 0.3) is 9.53 Å². The van der Waals surface area contributed by atoms with Crippen LogP contribution in [0, 0.1) is 0 Å². The van der Waals surface area contributed by atoms with Crippen LogP contribution in [0.2, 0.25) is 0 Å². The molecule has 0 bridgehead atoms. The normalized spacial score (nSPS) is 14.1. The molecule has 0 saturated carbocycles. The summed E-state index contributed by atoms with van der Waals surface area (Å²) in [4.78, 5) is 35.8. The van der Waals surface area contributed by atoms with Crippen molar-refractivity contribution in [2.24, 2.45) is 0 Å². The Morgan fingerprint density at radius 2 is 1.87 bits per heavy atom. The van der Waals surface area contributed by atoms with Crippen LogP contribution in [0.1, 0.15) is 58.7 Å². The van der Waals surface area contributed by atoms with Gasteiger partial charge in [0.15, 0.2) is 5.13 Å². The molecule has 8 heteroatoms. The Morgan fingerprint density at radius 1 is 1.10 bits per heavy atom. The minimum atomic E-state index is -0.104. The highest BCUT2D eigenvalue weighted by atomic mass is 32.1. The van der Waals surface area contributed by atoms with Gasteiger partial charge in [-0.3, -0.25) is 9.59 Å². The number of hydrogen-bond acceptors (Lipinski definition) is 6. The highest BCUT2D eigenvalue weighted by Crippen LogP contribution is 2.34.